The number of aliphatic imine (C=N–C) groups is 1. The van der Waals surface area contributed by atoms with E-state index >= 15 is 0 Å². The molecule has 2 aliphatic rings. The van der Waals surface area contributed by atoms with Crippen LogP contribution in [0.15, 0.2) is 35.3 Å². The Labute approximate surface area is 130 Å². The van der Waals surface area contributed by atoms with E-state index in [0.29, 0.717) is 19.5 Å². The molecule has 5 heteroatoms. The Morgan fingerprint density at radius 2 is 2.05 bits per heavy atom. The lowest BCUT2D eigenvalue weighted by atomic mass is 10.1. The SMILES string of the molecule is CC(C)(C)OC(=O)N1CC2N=C(Cc3ccccc3)OC2C1. The predicted molar refractivity (Wildman–Crippen MR) is 84.0 cm³/mol. The van der Waals surface area contributed by atoms with Gasteiger partial charge in [0.25, 0.3) is 0 Å². The molecule has 118 valence electrons. The Morgan fingerprint density at radius 3 is 2.68 bits per heavy atom. The van der Waals surface area contributed by atoms with E-state index in [0.717, 1.165) is 5.90 Å². The maximum absolute atomic E-state index is 12.1. The summed E-state index contributed by atoms with van der Waals surface area (Å²) in [4.78, 5) is 18.4. The van der Waals surface area contributed by atoms with Crippen LogP contribution in [-0.2, 0) is 15.9 Å². The van der Waals surface area contributed by atoms with Crippen molar-refractivity contribution in [3.8, 4) is 0 Å². The minimum atomic E-state index is -0.475. The molecule has 0 radical (unpaired) electrons. The summed E-state index contributed by atoms with van der Waals surface area (Å²) in [7, 11) is 0. The molecule has 1 fully saturated rings. The summed E-state index contributed by atoms with van der Waals surface area (Å²) in [5.41, 5.74) is 0.711. The first-order chi connectivity index (χ1) is 10.4. The highest BCUT2D eigenvalue weighted by atomic mass is 16.6. The molecular weight excluding hydrogens is 280 g/mol. The summed E-state index contributed by atoms with van der Waals surface area (Å²) in [6, 6.07) is 10.2. The van der Waals surface area contributed by atoms with Crippen molar-refractivity contribution in [3.05, 3.63) is 35.9 Å². The van der Waals surface area contributed by atoms with Gasteiger partial charge in [0.1, 0.15) is 17.7 Å². The van der Waals surface area contributed by atoms with Crippen molar-refractivity contribution in [1.29, 1.82) is 0 Å². The van der Waals surface area contributed by atoms with Crippen LogP contribution in [0.1, 0.15) is 26.3 Å². The highest BCUT2D eigenvalue weighted by Gasteiger charge is 2.42. The molecule has 5 nitrogen and oxygen atoms in total. The van der Waals surface area contributed by atoms with Gasteiger partial charge in [0.15, 0.2) is 5.90 Å². The quantitative estimate of drug-likeness (QED) is 0.844. The number of carbonyl (C=O) groups is 1. The minimum Gasteiger partial charge on any atom is -0.473 e. The average Bonchev–Trinajstić information content (AvgIpc) is 2.96. The lowest BCUT2D eigenvalue weighted by Crippen LogP contribution is -2.36. The molecular formula is C17H22N2O3. The molecule has 1 aromatic rings. The lowest BCUT2D eigenvalue weighted by Gasteiger charge is -2.24. The molecule has 0 aliphatic carbocycles. The van der Waals surface area contributed by atoms with Crippen molar-refractivity contribution < 1.29 is 14.3 Å². The number of benzene rings is 1. The van der Waals surface area contributed by atoms with Gasteiger partial charge in [0, 0.05) is 6.42 Å². The van der Waals surface area contributed by atoms with Gasteiger partial charge in [-0.3, -0.25) is 0 Å². The second-order valence-electron chi connectivity index (χ2n) is 6.79. The number of carbonyl (C=O) groups excluding carboxylic acids is 1. The first-order valence-corrected chi connectivity index (χ1v) is 7.66. The molecule has 1 aromatic carbocycles. The smallest absolute Gasteiger partial charge is 0.410 e. The standard InChI is InChI=1S/C17H22N2O3/c1-17(2,3)22-16(20)19-10-13-14(11-19)21-15(18-13)9-12-7-5-4-6-8-12/h4-8,13-14H,9-11H2,1-3H3. The van der Waals surface area contributed by atoms with Crippen molar-refractivity contribution in [3.63, 3.8) is 0 Å². The summed E-state index contributed by atoms with van der Waals surface area (Å²) in [5.74, 6) is 0.769. The zero-order valence-corrected chi connectivity index (χ0v) is 13.3. The van der Waals surface area contributed by atoms with Crippen LogP contribution >= 0.6 is 0 Å². The third-order valence-electron chi connectivity index (χ3n) is 3.68. The number of hydrogen-bond acceptors (Lipinski definition) is 4. The number of ether oxygens (including phenoxy) is 2. The van der Waals surface area contributed by atoms with Crippen LogP contribution in [0.2, 0.25) is 0 Å². The monoisotopic (exact) mass is 302 g/mol. The zero-order valence-electron chi connectivity index (χ0n) is 13.3. The van der Waals surface area contributed by atoms with Crippen LogP contribution in [0.3, 0.4) is 0 Å². The molecule has 1 saturated heterocycles. The molecule has 0 N–H and O–H groups in total. The van der Waals surface area contributed by atoms with Gasteiger partial charge in [0.2, 0.25) is 0 Å². The zero-order chi connectivity index (χ0) is 15.7. The highest BCUT2D eigenvalue weighted by Crippen LogP contribution is 2.25. The molecule has 1 amide bonds. The summed E-state index contributed by atoms with van der Waals surface area (Å²) >= 11 is 0. The van der Waals surface area contributed by atoms with Crippen LogP contribution in [0.5, 0.6) is 0 Å². The summed E-state index contributed by atoms with van der Waals surface area (Å²) in [6.07, 6.45) is 0.386. The highest BCUT2D eigenvalue weighted by molar-refractivity contribution is 5.81. The van der Waals surface area contributed by atoms with E-state index in [1.807, 2.05) is 39.0 Å². The van der Waals surface area contributed by atoms with E-state index < -0.39 is 5.60 Å². The maximum Gasteiger partial charge on any atom is 0.410 e. The van der Waals surface area contributed by atoms with Gasteiger partial charge >= 0.3 is 6.09 Å². The fourth-order valence-corrected chi connectivity index (χ4v) is 2.72. The molecule has 2 atom stereocenters. The van der Waals surface area contributed by atoms with Gasteiger partial charge in [-0.05, 0) is 26.3 Å². The summed E-state index contributed by atoms with van der Waals surface area (Å²) in [5, 5.41) is 0. The molecule has 3 rings (SSSR count). The van der Waals surface area contributed by atoms with E-state index in [4.69, 9.17) is 9.47 Å². The van der Waals surface area contributed by atoms with Crippen molar-refractivity contribution in [1.82, 2.24) is 4.90 Å². The lowest BCUT2D eigenvalue weighted by molar-refractivity contribution is 0.0271. The largest absolute Gasteiger partial charge is 0.473 e. The van der Waals surface area contributed by atoms with E-state index in [1.54, 1.807) is 4.90 Å². The number of hydrogen-bond donors (Lipinski definition) is 0. The van der Waals surface area contributed by atoms with E-state index in [2.05, 4.69) is 17.1 Å². The van der Waals surface area contributed by atoms with Crippen LogP contribution in [0.4, 0.5) is 4.79 Å². The summed E-state index contributed by atoms with van der Waals surface area (Å²) in [6.45, 7) is 6.72. The number of amides is 1. The predicted octanol–water partition coefficient (Wildman–Crippen LogP) is 2.65. The van der Waals surface area contributed by atoms with Crippen molar-refractivity contribution >= 4 is 12.0 Å². The Morgan fingerprint density at radius 1 is 1.32 bits per heavy atom. The molecule has 22 heavy (non-hydrogen) atoms. The van der Waals surface area contributed by atoms with Crippen molar-refractivity contribution in [2.24, 2.45) is 4.99 Å². The first-order valence-electron chi connectivity index (χ1n) is 7.66. The molecule has 2 aliphatic heterocycles. The number of likely N-dealkylation sites (tertiary alicyclic amines) is 1. The average molecular weight is 302 g/mol. The van der Waals surface area contributed by atoms with Crippen molar-refractivity contribution in [2.75, 3.05) is 13.1 Å². The molecule has 0 aromatic heterocycles. The second kappa shape index (κ2) is 5.63. The van der Waals surface area contributed by atoms with Crippen LogP contribution < -0.4 is 0 Å². The van der Waals surface area contributed by atoms with Crippen LogP contribution in [0.25, 0.3) is 0 Å². The van der Waals surface area contributed by atoms with Gasteiger partial charge in [-0.15, -0.1) is 0 Å². The number of rotatable bonds is 2. The number of nitrogens with zero attached hydrogens (tertiary/aromatic N) is 2. The maximum atomic E-state index is 12.1. The minimum absolute atomic E-state index is 0.0335. The van der Waals surface area contributed by atoms with Crippen molar-refractivity contribution in [2.45, 2.75) is 44.9 Å². The first kappa shape index (κ1) is 14.9. The third-order valence-corrected chi connectivity index (χ3v) is 3.68. The molecule has 2 heterocycles. The van der Waals surface area contributed by atoms with Crippen LogP contribution in [0, 0.1) is 0 Å². The van der Waals surface area contributed by atoms with Gasteiger partial charge in [-0.25, -0.2) is 9.79 Å². The Kier molecular flexibility index (Phi) is 3.81. The fourth-order valence-electron chi connectivity index (χ4n) is 2.72. The topological polar surface area (TPSA) is 51.1 Å². The molecule has 2 unspecified atom stereocenters. The van der Waals surface area contributed by atoms with Gasteiger partial charge in [-0.1, -0.05) is 30.3 Å². The third kappa shape index (κ3) is 3.40. The Hall–Kier alpha value is -2.04. The normalized spacial score (nSPS) is 23.8. The molecule has 0 saturated carbocycles. The van der Waals surface area contributed by atoms with Crippen LogP contribution in [-0.4, -0.2) is 47.7 Å². The van der Waals surface area contributed by atoms with Gasteiger partial charge in [-0.2, -0.15) is 0 Å². The Bertz CT molecular complexity index is 577. The van der Waals surface area contributed by atoms with Gasteiger partial charge in [0.05, 0.1) is 13.1 Å². The van der Waals surface area contributed by atoms with E-state index in [1.165, 1.54) is 5.56 Å². The van der Waals surface area contributed by atoms with E-state index in [9.17, 15) is 4.79 Å². The van der Waals surface area contributed by atoms with Gasteiger partial charge < -0.3 is 14.4 Å². The fraction of sp³-hybridized carbons (Fsp3) is 0.529. The summed E-state index contributed by atoms with van der Waals surface area (Å²) < 4.78 is 11.3. The Balaban J connectivity index is 1.58. The van der Waals surface area contributed by atoms with E-state index in [-0.39, 0.29) is 18.2 Å². The number of fused-ring (bicyclic) bond motifs is 1. The molecule has 0 bridgehead atoms. The second-order valence-corrected chi connectivity index (χ2v) is 6.79. The molecule has 0 spiro atoms.